The average molecular weight is 309 g/mol. The van der Waals surface area contributed by atoms with E-state index >= 15 is 0 Å². The first kappa shape index (κ1) is 12.8. The predicted molar refractivity (Wildman–Crippen MR) is 73.2 cm³/mol. The van der Waals surface area contributed by atoms with E-state index in [9.17, 15) is 10.2 Å². The Hall–Kier alpha value is -1.68. The topological polar surface area (TPSA) is 49.7 Å². The molecule has 0 aliphatic rings. The zero-order valence-corrected chi connectivity index (χ0v) is 11.2. The lowest BCUT2D eigenvalue weighted by Gasteiger charge is -2.12. The third-order valence-corrected chi connectivity index (χ3v) is 3.10. The van der Waals surface area contributed by atoms with E-state index in [4.69, 9.17) is 4.74 Å². The molecule has 4 heteroatoms. The molecule has 2 aromatic rings. The maximum absolute atomic E-state index is 9.70. The first-order valence-corrected chi connectivity index (χ1v) is 6.60. The molecule has 0 fully saturated rings. The number of phenols is 2. The van der Waals surface area contributed by atoms with E-state index in [0.29, 0.717) is 23.2 Å². The van der Waals surface area contributed by atoms with Gasteiger partial charge in [0.05, 0.1) is 0 Å². The summed E-state index contributed by atoms with van der Waals surface area (Å²) in [6.07, 6.45) is 0. The van der Waals surface area contributed by atoms with Crippen molar-refractivity contribution in [2.24, 2.45) is 0 Å². The second-order valence-corrected chi connectivity index (χ2v) is 4.41. The molecule has 18 heavy (non-hydrogen) atoms. The van der Waals surface area contributed by atoms with Crippen LogP contribution in [0.15, 0.2) is 42.5 Å². The van der Waals surface area contributed by atoms with Crippen LogP contribution in [0.5, 0.6) is 17.2 Å². The van der Waals surface area contributed by atoms with Gasteiger partial charge in [-0.2, -0.15) is 0 Å². The van der Waals surface area contributed by atoms with Gasteiger partial charge in [0, 0.05) is 23.0 Å². The van der Waals surface area contributed by atoms with Crippen LogP contribution < -0.4 is 4.74 Å². The Labute approximate surface area is 114 Å². The van der Waals surface area contributed by atoms with E-state index in [1.165, 1.54) is 12.1 Å². The molecule has 0 bridgehead atoms. The van der Waals surface area contributed by atoms with Crippen LogP contribution in [0, 0.1) is 0 Å². The summed E-state index contributed by atoms with van der Waals surface area (Å²) in [7, 11) is 0. The number of phenolic OH excluding ortho intramolecular Hbond substituents is 2. The molecule has 0 aliphatic heterocycles. The molecule has 2 aromatic carbocycles. The fourth-order valence-electron chi connectivity index (χ4n) is 1.61. The van der Waals surface area contributed by atoms with E-state index in [1.54, 1.807) is 0 Å². The summed E-state index contributed by atoms with van der Waals surface area (Å²) in [5.41, 5.74) is 1.66. The van der Waals surface area contributed by atoms with Gasteiger partial charge in [0.25, 0.3) is 0 Å². The van der Waals surface area contributed by atoms with Gasteiger partial charge in [0.15, 0.2) is 0 Å². The van der Waals surface area contributed by atoms with Crippen LogP contribution in [0.25, 0.3) is 0 Å². The monoisotopic (exact) mass is 308 g/mol. The van der Waals surface area contributed by atoms with Gasteiger partial charge in [-0.15, -0.1) is 0 Å². The molecule has 2 rings (SSSR count). The summed E-state index contributed by atoms with van der Waals surface area (Å²) in [5.74, 6) is 0.489. The minimum Gasteiger partial charge on any atom is -0.508 e. The molecular weight excluding hydrogens is 296 g/mol. The Morgan fingerprint density at radius 3 is 2.44 bits per heavy atom. The van der Waals surface area contributed by atoms with Gasteiger partial charge in [-0.25, -0.2) is 0 Å². The van der Waals surface area contributed by atoms with Gasteiger partial charge in [0.1, 0.15) is 23.9 Å². The molecule has 0 heterocycles. The van der Waals surface area contributed by atoms with Gasteiger partial charge < -0.3 is 14.9 Å². The van der Waals surface area contributed by atoms with E-state index in [2.05, 4.69) is 15.9 Å². The molecule has 94 valence electrons. The highest BCUT2D eigenvalue weighted by atomic mass is 79.9. The molecule has 0 radical (unpaired) electrons. The molecule has 0 saturated heterocycles. The molecule has 0 aliphatic carbocycles. The van der Waals surface area contributed by atoms with Crippen molar-refractivity contribution in [3.63, 3.8) is 0 Å². The van der Waals surface area contributed by atoms with E-state index in [-0.39, 0.29) is 11.5 Å². The van der Waals surface area contributed by atoms with E-state index in [0.717, 1.165) is 5.56 Å². The molecule has 3 nitrogen and oxygen atoms in total. The Bertz CT molecular complexity index is 526. The molecule has 0 unspecified atom stereocenters. The highest BCUT2D eigenvalue weighted by Crippen LogP contribution is 2.34. The van der Waals surface area contributed by atoms with Crippen molar-refractivity contribution in [3.8, 4) is 17.2 Å². The number of benzene rings is 2. The van der Waals surface area contributed by atoms with Gasteiger partial charge in [-0.1, -0.05) is 46.3 Å². The Balaban J connectivity index is 2.18. The summed E-state index contributed by atoms with van der Waals surface area (Å²) in [6, 6.07) is 12.5. The standard InChI is InChI=1S/C14H13BrO3/c15-8-12-13(17)6-11(16)7-14(12)18-9-10-4-2-1-3-5-10/h1-7,16-17H,8-9H2. The van der Waals surface area contributed by atoms with Crippen molar-refractivity contribution < 1.29 is 14.9 Å². The lowest BCUT2D eigenvalue weighted by atomic mass is 10.2. The van der Waals surface area contributed by atoms with Crippen LogP contribution in [0.2, 0.25) is 0 Å². The zero-order chi connectivity index (χ0) is 13.0. The van der Waals surface area contributed by atoms with Crippen LogP contribution in [-0.4, -0.2) is 10.2 Å². The van der Waals surface area contributed by atoms with E-state index in [1.807, 2.05) is 30.3 Å². The summed E-state index contributed by atoms with van der Waals surface area (Å²) in [6.45, 7) is 0.393. The molecule has 0 amide bonds. The first-order chi connectivity index (χ1) is 8.70. The van der Waals surface area contributed by atoms with Crippen molar-refractivity contribution in [2.45, 2.75) is 11.9 Å². The summed E-state index contributed by atoms with van der Waals surface area (Å²) in [5, 5.41) is 19.6. The van der Waals surface area contributed by atoms with Gasteiger partial charge in [-0.05, 0) is 5.56 Å². The largest absolute Gasteiger partial charge is 0.508 e. The minimum atomic E-state index is -0.0136. The first-order valence-electron chi connectivity index (χ1n) is 5.48. The maximum Gasteiger partial charge on any atom is 0.131 e. The number of aromatic hydroxyl groups is 2. The molecule has 0 saturated carbocycles. The Kier molecular flexibility index (Phi) is 4.10. The molecule has 0 aromatic heterocycles. The lowest BCUT2D eigenvalue weighted by Crippen LogP contribution is -1.97. The van der Waals surface area contributed by atoms with Crippen LogP contribution in [-0.2, 0) is 11.9 Å². The third-order valence-electron chi connectivity index (χ3n) is 2.54. The van der Waals surface area contributed by atoms with Crippen LogP contribution in [0.1, 0.15) is 11.1 Å². The lowest BCUT2D eigenvalue weighted by molar-refractivity contribution is 0.299. The van der Waals surface area contributed by atoms with Crippen LogP contribution in [0.4, 0.5) is 0 Å². The normalized spacial score (nSPS) is 10.3. The van der Waals surface area contributed by atoms with Crippen molar-refractivity contribution in [2.75, 3.05) is 0 Å². The van der Waals surface area contributed by atoms with Crippen molar-refractivity contribution in [1.82, 2.24) is 0 Å². The highest BCUT2D eigenvalue weighted by molar-refractivity contribution is 9.08. The number of rotatable bonds is 4. The highest BCUT2D eigenvalue weighted by Gasteiger charge is 2.10. The number of halogens is 1. The fourth-order valence-corrected chi connectivity index (χ4v) is 2.18. The Morgan fingerprint density at radius 1 is 1.06 bits per heavy atom. The zero-order valence-electron chi connectivity index (χ0n) is 9.64. The average Bonchev–Trinajstić information content (AvgIpc) is 2.37. The molecule has 0 spiro atoms. The number of hydrogen-bond donors (Lipinski definition) is 2. The van der Waals surface area contributed by atoms with Gasteiger partial charge in [0.2, 0.25) is 0 Å². The molecule has 2 N–H and O–H groups in total. The SMILES string of the molecule is Oc1cc(O)c(CBr)c(OCc2ccccc2)c1. The van der Waals surface area contributed by atoms with Crippen LogP contribution in [0.3, 0.4) is 0 Å². The number of ether oxygens (including phenoxy) is 1. The van der Waals surface area contributed by atoms with Crippen molar-refractivity contribution >= 4 is 15.9 Å². The summed E-state index contributed by atoms with van der Waals surface area (Å²) in [4.78, 5) is 0. The molecule has 0 atom stereocenters. The molecular formula is C14H13BrO3. The van der Waals surface area contributed by atoms with E-state index < -0.39 is 0 Å². The second-order valence-electron chi connectivity index (χ2n) is 3.85. The quantitative estimate of drug-likeness (QED) is 0.849. The Morgan fingerprint density at radius 2 is 1.78 bits per heavy atom. The van der Waals surface area contributed by atoms with Crippen molar-refractivity contribution in [1.29, 1.82) is 0 Å². The summed E-state index contributed by atoms with van der Waals surface area (Å²) < 4.78 is 5.63. The number of alkyl halides is 1. The third kappa shape index (κ3) is 2.96. The van der Waals surface area contributed by atoms with Gasteiger partial charge in [-0.3, -0.25) is 0 Å². The summed E-state index contributed by atoms with van der Waals surface area (Å²) >= 11 is 3.29. The fraction of sp³-hybridized carbons (Fsp3) is 0.143. The number of hydrogen-bond acceptors (Lipinski definition) is 3. The smallest absolute Gasteiger partial charge is 0.131 e. The van der Waals surface area contributed by atoms with Crippen molar-refractivity contribution in [3.05, 3.63) is 53.6 Å². The second kappa shape index (κ2) is 5.78. The predicted octanol–water partition coefficient (Wildman–Crippen LogP) is 3.57. The minimum absolute atomic E-state index is 0.0136. The maximum atomic E-state index is 9.70. The van der Waals surface area contributed by atoms with Gasteiger partial charge >= 0.3 is 0 Å². The van der Waals surface area contributed by atoms with Crippen LogP contribution >= 0.6 is 15.9 Å².